The zero-order chi connectivity index (χ0) is 35.2. The van der Waals surface area contributed by atoms with Gasteiger partial charge in [0, 0.05) is 42.7 Å². The number of carbonyl (C=O) groups excluding carboxylic acids is 5. The van der Waals surface area contributed by atoms with Crippen molar-refractivity contribution in [2.45, 2.75) is 89.4 Å². The molecule has 0 bridgehead atoms. The number of aliphatic hydroxyl groups is 2. The number of benzene rings is 1. The lowest BCUT2D eigenvalue weighted by Crippen LogP contribution is -2.61. The van der Waals surface area contributed by atoms with Crippen molar-refractivity contribution in [2.24, 2.45) is 28.6 Å². The van der Waals surface area contributed by atoms with E-state index in [1.54, 1.807) is 13.0 Å². The third-order valence-electron chi connectivity index (χ3n) is 11.5. The number of hydrogen-bond donors (Lipinski definition) is 4. The number of amides is 1. The minimum atomic E-state index is -1.91. The van der Waals surface area contributed by atoms with Crippen molar-refractivity contribution < 1.29 is 53.7 Å². The highest BCUT2D eigenvalue weighted by atomic mass is 16.6. The molecule has 1 aromatic rings. The highest BCUT2D eigenvalue weighted by Gasteiger charge is 2.68. The second-order valence-corrected chi connectivity index (χ2v) is 14.1. The summed E-state index contributed by atoms with van der Waals surface area (Å²) in [5.41, 5.74) is -2.89. The van der Waals surface area contributed by atoms with E-state index in [9.17, 15) is 54.2 Å². The molecule has 1 amide bonds. The van der Waals surface area contributed by atoms with Crippen LogP contribution in [0.5, 0.6) is 0 Å². The van der Waals surface area contributed by atoms with Crippen LogP contribution in [0.25, 0.3) is 0 Å². The minimum Gasteiger partial charge on any atom is -0.480 e. The number of carbonyl (C=O) groups is 6. The van der Waals surface area contributed by atoms with Crippen LogP contribution in [-0.2, 0) is 33.5 Å². The summed E-state index contributed by atoms with van der Waals surface area (Å²) in [4.78, 5) is 86.4. The van der Waals surface area contributed by atoms with Gasteiger partial charge in [0.05, 0.1) is 11.3 Å². The van der Waals surface area contributed by atoms with Crippen LogP contribution in [0.3, 0.4) is 0 Å². The van der Waals surface area contributed by atoms with Gasteiger partial charge in [-0.15, -0.1) is 0 Å². The first-order valence-electron chi connectivity index (χ1n) is 16.1. The lowest BCUT2D eigenvalue weighted by atomic mass is 9.46. The average molecular weight is 669 g/mol. The Bertz CT molecular complexity index is 1600. The van der Waals surface area contributed by atoms with Crippen LogP contribution in [0.4, 0.5) is 5.69 Å². The number of Topliss-reactive ketones (excluding diaryl/α,β-unsaturated/α-hetero) is 2. The zero-order valence-corrected chi connectivity index (χ0v) is 26.8. The Balaban J connectivity index is 1.17. The fraction of sp³-hybridized carbons (Fsp3) is 0.588. The molecule has 0 spiro atoms. The number of rotatable bonds is 11. The van der Waals surface area contributed by atoms with E-state index in [0.717, 1.165) is 17.7 Å². The number of non-ortho nitro benzene ring substituents is 1. The lowest BCUT2D eigenvalue weighted by Gasteiger charge is -2.57. The summed E-state index contributed by atoms with van der Waals surface area (Å²) < 4.78 is 5.11. The first kappa shape index (κ1) is 35.0. The molecule has 4 aliphatic rings. The Morgan fingerprint density at radius 2 is 1.83 bits per heavy atom. The van der Waals surface area contributed by atoms with Gasteiger partial charge in [0.25, 0.3) is 5.69 Å². The summed E-state index contributed by atoms with van der Waals surface area (Å²) >= 11 is 0. The molecule has 48 heavy (non-hydrogen) atoms. The van der Waals surface area contributed by atoms with E-state index in [1.165, 1.54) is 12.1 Å². The number of allylic oxidation sites excluding steroid dienone is 1. The lowest BCUT2D eigenvalue weighted by molar-refractivity contribution is -0.385. The van der Waals surface area contributed by atoms with Crippen LogP contribution in [0.15, 0.2) is 35.9 Å². The molecule has 0 aromatic heterocycles. The molecule has 4 aliphatic carbocycles. The highest BCUT2D eigenvalue weighted by molar-refractivity contribution is 5.95. The molecule has 8 atom stereocenters. The highest BCUT2D eigenvalue weighted by Crippen LogP contribution is 2.66. The molecule has 258 valence electrons. The van der Waals surface area contributed by atoms with E-state index in [1.807, 2.05) is 0 Å². The first-order chi connectivity index (χ1) is 22.5. The number of nitrogens with one attached hydrogen (secondary N) is 1. The number of carboxylic acids is 1. The van der Waals surface area contributed by atoms with Crippen molar-refractivity contribution in [2.75, 3.05) is 6.61 Å². The normalized spacial score (nSPS) is 32.1. The van der Waals surface area contributed by atoms with Crippen molar-refractivity contribution in [1.82, 2.24) is 5.32 Å². The molecule has 14 heteroatoms. The number of nitro groups is 1. The number of fused-ring (bicyclic) bond motifs is 5. The Morgan fingerprint density at radius 3 is 2.52 bits per heavy atom. The molecular formula is C34H40N2O12. The molecule has 0 radical (unpaired) electrons. The summed E-state index contributed by atoms with van der Waals surface area (Å²) in [6.45, 7) is 3.02. The molecule has 3 saturated carbocycles. The summed E-state index contributed by atoms with van der Waals surface area (Å²) in [5, 5.41) is 45.0. The van der Waals surface area contributed by atoms with Gasteiger partial charge in [-0.3, -0.25) is 34.1 Å². The third kappa shape index (κ3) is 6.07. The van der Waals surface area contributed by atoms with Crippen LogP contribution in [0, 0.1) is 38.7 Å². The van der Waals surface area contributed by atoms with E-state index >= 15 is 0 Å². The molecule has 5 rings (SSSR count). The van der Waals surface area contributed by atoms with Crippen molar-refractivity contribution in [3.05, 3.63) is 51.6 Å². The maximum Gasteiger partial charge on any atom is 0.329 e. The van der Waals surface area contributed by atoms with E-state index in [0.29, 0.717) is 32.1 Å². The largest absolute Gasteiger partial charge is 0.480 e. The van der Waals surface area contributed by atoms with Gasteiger partial charge in [0.2, 0.25) is 11.7 Å². The average Bonchev–Trinajstić information content (AvgIpc) is 3.31. The van der Waals surface area contributed by atoms with Gasteiger partial charge in [-0.25, -0.2) is 4.79 Å². The second kappa shape index (κ2) is 13.0. The third-order valence-corrected chi connectivity index (χ3v) is 11.5. The molecular weight excluding hydrogens is 628 g/mol. The molecule has 0 aliphatic heterocycles. The molecule has 3 fully saturated rings. The van der Waals surface area contributed by atoms with Crippen molar-refractivity contribution >= 4 is 40.9 Å². The van der Waals surface area contributed by atoms with Crippen LogP contribution in [0.1, 0.15) is 83.3 Å². The first-order valence-corrected chi connectivity index (χ1v) is 16.1. The van der Waals surface area contributed by atoms with E-state index < -0.39 is 76.6 Å². The number of nitro benzene ring substituents is 1. The number of carboxylic acid groups (broad SMARTS) is 1. The van der Waals surface area contributed by atoms with Crippen LogP contribution >= 0.6 is 0 Å². The summed E-state index contributed by atoms with van der Waals surface area (Å²) in [6.07, 6.45) is 1.71. The van der Waals surface area contributed by atoms with Crippen molar-refractivity contribution in [3.63, 3.8) is 0 Å². The predicted molar refractivity (Wildman–Crippen MR) is 165 cm³/mol. The van der Waals surface area contributed by atoms with Gasteiger partial charge in [-0.2, -0.15) is 0 Å². The topological polar surface area (TPSA) is 228 Å². The van der Waals surface area contributed by atoms with Crippen molar-refractivity contribution in [3.8, 4) is 0 Å². The maximum atomic E-state index is 13.8. The van der Waals surface area contributed by atoms with Crippen LogP contribution in [-0.4, -0.2) is 73.7 Å². The Hall–Kier alpha value is -4.30. The SMILES string of the molecule is C[C@]12CCC(=O)C=C1CC[C@@H]1[C@@H]2C(=O)C[C@@]2(C)[C@H]1CC[C@]2(O)C(=O)COC(=O)CCC(=O)N[C@@H](C(=O)O)[C@@H](O)c1cccc([N+](=O)[O-])c1. The van der Waals surface area contributed by atoms with E-state index in [-0.39, 0.29) is 53.4 Å². The van der Waals surface area contributed by atoms with Gasteiger partial charge in [-0.1, -0.05) is 31.6 Å². The quantitative estimate of drug-likeness (QED) is 0.152. The number of ether oxygens (including phenoxy) is 1. The van der Waals surface area contributed by atoms with E-state index in [4.69, 9.17) is 4.74 Å². The Labute approximate surface area is 276 Å². The molecule has 1 aromatic carbocycles. The molecule has 4 N–H and O–H groups in total. The zero-order valence-electron chi connectivity index (χ0n) is 26.8. The standard InChI is InChI=1S/C34H40N2O12/c1-32-12-10-21(37)15-19(32)6-7-22-23-11-13-34(45,33(23,2)16-24(38)28(22)32)25(39)17-48-27(41)9-8-26(40)35-29(31(43)44)30(42)18-4-3-5-20(14-18)36(46)47/h3-5,14-15,22-23,28-30,42,45H,6-13,16-17H2,1-2H3,(H,35,40)(H,43,44)/t22-,23-,28+,29+,30-,32-,33-,34-/m0/s1. The number of hydrogen-bond acceptors (Lipinski definition) is 11. The number of nitrogens with zero attached hydrogens (tertiary/aromatic N) is 1. The fourth-order valence-corrected chi connectivity index (χ4v) is 8.93. The maximum absolute atomic E-state index is 13.8. The Morgan fingerprint density at radius 1 is 1.10 bits per heavy atom. The van der Waals surface area contributed by atoms with Crippen molar-refractivity contribution in [1.29, 1.82) is 0 Å². The van der Waals surface area contributed by atoms with Crippen LogP contribution < -0.4 is 5.32 Å². The fourth-order valence-electron chi connectivity index (χ4n) is 8.93. The molecule has 14 nitrogen and oxygen atoms in total. The molecule has 0 unspecified atom stereocenters. The van der Waals surface area contributed by atoms with Gasteiger partial charge in [-0.05, 0) is 61.0 Å². The summed E-state index contributed by atoms with van der Waals surface area (Å²) in [7, 11) is 0. The summed E-state index contributed by atoms with van der Waals surface area (Å²) in [6, 6.07) is 2.77. The number of aliphatic hydroxyl groups excluding tert-OH is 1. The number of esters is 1. The molecule has 0 heterocycles. The number of ketones is 3. The van der Waals surface area contributed by atoms with Gasteiger partial charge in [0.15, 0.2) is 18.4 Å². The minimum absolute atomic E-state index is 0.0149. The number of aliphatic carboxylic acids is 1. The monoisotopic (exact) mass is 668 g/mol. The predicted octanol–water partition coefficient (Wildman–Crippen LogP) is 2.53. The van der Waals surface area contributed by atoms with Gasteiger partial charge in [0.1, 0.15) is 17.5 Å². The summed E-state index contributed by atoms with van der Waals surface area (Å²) in [5.74, 6) is -4.68. The second-order valence-electron chi connectivity index (χ2n) is 14.1. The smallest absolute Gasteiger partial charge is 0.329 e. The van der Waals surface area contributed by atoms with Gasteiger partial charge >= 0.3 is 11.9 Å². The van der Waals surface area contributed by atoms with Crippen LogP contribution in [0.2, 0.25) is 0 Å². The Kier molecular flexibility index (Phi) is 9.45. The molecule has 0 saturated heterocycles. The van der Waals surface area contributed by atoms with E-state index in [2.05, 4.69) is 12.2 Å². The van der Waals surface area contributed by atoms with Gasteiger partial charge < -0.3 is 25.4 Å².